The van der Waals surface area contributed by atoms with Gasteiger partial charge in [-0.05, 0) is 72.3 Å². The van der Waals surface area contributed by atoms with E-state index in [1.807, 2.05) is 0 Å². The molecule has 3 nitrogen and oxygen atoms in total. The molecule has 0 N–H and O–H groups in total. The minimum Gasteiger partial charge on any atom is -0.455 e. The lowest BCUT2D eigenvalue weighted by Gasteiger charge is -2.28. The van der Waals surface area contributed by atoms with Crippen LogP contribution in [0.3, 0.4) is 0 Å². The summed E-state index contributed by atoms with van der Waals surface area (Å²) in [4.78, 5) is 4.69. The molecule has 0 saturated heterocycles. The van der Waals surface area contributed by atoms with E-state index in [9.17, 15) is 0 Å². The summed E-state index contributed by atoms with van der Waals surface area (Å²) in [5.41, 5.74) is 10.6. The Kier molecular flexibility index (Phi) is 7.14. The van der Waals surface area contributed by atoms with Crippen LogP contribution in [0, 0.1) is 0 Å². The number of nitrogens with zero attached hydrogens (tertiary/aromatic N) is 2. The highest BCUT2D eigenvalue weighted by Crippen LogP contribution is 2.48. The van der Waals surface area contributed by atoms with E-state index in [0.717, 1.165) is 78.0 Å². The first-order valence-corrected chi connectivity index (χ1v) is 16.6. The van der Waals surface area contributed by atoms with Crippen molar-refractivity contribution >= 4 is 66.8 Å². The fraction of sp³-hybridized carbons (Fsp3) is 0. The van der Waals surface area contributed by atoms with Crippen molar-refractivity contribution in [2.45, 2.75) is 0 Å². The lowest BCUT2D eigenvalue weighted by Crippen LogP contribution is -2.11. The van der Waals surface area contributed by atoms with Crippen LogP contribution in [0.15, 0.2) is 199 Å². The molecule has 232 valence electrons. The van der Waals surface area contributed by atoms with Crippen molar-refractivity contribution in [2.75, 3.05) is 9.80 Å². The van der Waals surface area contributed by atoms with Gasteiger partial charge in [-0.3, -0.25) is 0 Å². The monoisotopic (exact) mass is 628 g/mol. The average Bonchev–Trinajstić information content (AvgIpc) is 3.56. The second kappa shape index (κ2) is 12.2. The van der Waals surface area contributed by atoms with Gasteiger partial charge >= 0.3 is 0 Å². The maximum Gasteiger partial charge on any atom is 0.143 e. The number of rotatable bonds is 7. The Bertz CT molecular complexity index is 2460. The Balaban J connectivity index is 1.34. The van der Waals surface area contributed by atoms with Gasteiger partial charge in [0.05, 0.1) is 11.4 Å². The predicted molar refractivity (Wildman–Crippen MR) is 206 cm³/mol. The summed E-state index contributed by atoms with van der Waals surface area (Å²) in [5, 5.41) is 4.39. The molecule has 0 spiro atoms. The van der Waals surface area contributed by atoms with Gasteiger partial charge in [-0.25, -0.2) is 0 Å². The third kappa shape index (κ3) is 5.00. The van der Waals surface area contributed by atoms with Crippen molar-refractivity contribution in [3.05, 3.63) is 194 Å². The van der Waals surface area contributed by atoms with E-state index in [2.05, 4.69) is 204 Å². The average molecular weight is 629 g/mol. The number of furan rings is 1. The summed E-state index contributed by atoms with van der Waals surface area (Å²) in [6, 6.07) is 68.4. The Morgan fingerprint density at radius 2 is 0.776 bits per heavy atom. The summed E-state index contributed by atoms with van der Waals surface area (Å²) in [5.74, 6) is 0. The largest absolute Gasteiger partial charge is 0.455 e. The first-order chi connectivity index (χ1) is 24.3. The molecule has 0 atom stereocenters. The Morgan fingerprint density at radius 1 is 0.327 bits per heavy atom. The minimum absolute atomic E-state index is 0.863. The molecule has 0 fully saturated rings. The second-order valence-corrected chi connectivity index (χ2v) is 12.1. The zero-order chi connectivity index (χ0) is 32.6. The highest BCUT2D eigenvalue weighted by Gasteiger charge is 2.23. The van der Waals surface area contributed by atoms with E-state index >= 15 is 0 Å². The van der Waals surface area contributed by atoms with E-state index in [0.29, 0.717) is 0 Å². The van der Waals surface area contributed by atoms with Gasteiger partial charge in [-0.2, -0.15) is 0 Å². The van der Waals surface area contributed by atoms with Crippen LogP contribution in [-0.4, -0.2) is 0 Å². The smallest absolute Gasteiger partial charge is 0.143 e. The Hall–Kier alpha value is -6.58. The Labute approximate surface area is 285 Å². The SMILES string of the molecule is c1ccc(N(c2ccccc2)c2ccccc2-c2cccc3oc4c5ccccc5c(N(c5ccccc5)c5ccccc5)cc4c23)cc1. The molecule has 1 aromatic heterocycles. The van der Waals surface area contributed by atoms with Gasteiger partial charge in [0, 0.05) is 49.9 Å². The van der Waals surface area contributed by atoms with Gasteiger partial charge in [0.2, 0.25) is 0 Å². The van der Waals surface area contributed by atoms with Crippen LogP contribution in [0.4, 0.5) is 34.1 Å². The topological polar surface area (TPSA) is 19.6 Å². The molecular weight excluding hydrogens is 597 g/mol. The van der Waals surface area contributed by atoms with Gasteiger partial charge in [0.15, 0.2) is 0 Å². The van der Waals surface area contributed by atoms with E-state index < -0.39 is 0 Å². The van der Waals surface area contributed by atoms with E-state index in [1.165, 1.54) is 0 Å². The van der Waals surface area contributed by atoms with E-state index in [4.69, 9.17) is 4.42 Å². The van der Waals surface area contributed by atoms with Crippen molar-refractivity contribution in [1.82, 2.24) is 0 Å². The van der Waals surface area contributed by atoms with Gasteiger partial charge < -0.3 is 14.2 Å². The maximum absolute atomic E-state index is 6.81. The first-order valence-electron chi connectivity index (χ1n) is 16.6. The van der Waals surface area contributed by atoms with E-state index in [1.54, 1.807) is 0 Å². The lowest BCUT2D eigenvalue weighted by molar-refractivity contribution is 0.673. The quantitative estimate of drug-likeness (QED) is 0.175. The van der Waals surface area contributed by atoms with Crippen LogP contribution in [0.5, 0.6) is 0 Å². The fourth-order valence-electron chi connectivity index (χ4n) is 7.10. The highest BCUT2D eigenvalue weighted by molar-refractivity contribution is 6.23. The molecule has 0 bridgehead atoms. The molecule has 9 rings (SSSR count). The maximum atomic E-state index is 6.81. The van der Waals surface area contributed by atoms with Crippen molar-refractivity contribution in [3.8, 4) is 11.1 Å². The predicted octanol–water partition coefficient (Wildman–Crippen LogP) is 13.3. The summed E-state index contributed by atoms with van der Waals surface area (Å²) < 4.78 is 6.81. The molecule has 0 aliphatic heterocycles. The number of hydrogen-bond acceptors (Lipinski definition) is 3. The van der Waals surface area contributed by atoms with Crippen LogP contribution in [-0.2, 0) is 0 Å². The van der Waals surface area contributed by atoms with E-state index in [-0.39, 0.29) is 0 Å². The fourth-order valence-corrected chi connectivity index (χ4v) is 7.10. The normalized spacial score (nSPS) is 11.3. The zero-order valence-corrected chi connectivity index (χ0v) is 26.8. The highest BCUT2D eigenvalue weighted by atomic mass is 16.3. The second-order valence-electron chi connectivity index (χ2n) is 12.1. The molecule has 0 amide bonds. The third-order valence-corrected chi connectivity index (χ3v) is 9.21. The molecule has 1 heterocycles. The molecule has 0 radical (unpaired) electrons. The molecule has 49 heavy (non-hydrogen) atoms. The van der Waals surface area contributed by atoms with Gasteiger partial charge in [-0.1, -0.05) is 127 Å². The number of fused-ring (bicyclic) bond motifs is 5. The van der Waals surface area contributed by atoms with Crippen LogP contribution in [0.2, 0.25) is 0 Å². The van der Waals surface area contributed by atoms with Crippen molar-refractivity contribution in [1.29, 1.82) is 0 Å². The van der Waals surface area contributed by atoms with Crippen LogP contribution >= 0.6 is 0 Å². The van der Waals surface area contributed by atoms with Crippen molar-refractivity contribution < 1.29 is 4.42 Å². The lowest BCUT2D eigenvalue weighted by atomic mass is 9.95. The summed E-state index contributed by atoms with van der Waals surface area (Å²) >= 11 is 0. The molecule has 8 aromatic carbocycles. The van der Waals surface area contributed by atoms with Crippen LogP contribution in [0.25, 0.3) is 43.8 Å². The van der Waals surface area contributed by atoms with Gasteiger partial charge in [-0.15, -0.1) is 0 Å². The minimum atomic E-state index is 0.863. The number of anilines is 6. The molecule has 0 unspecified atom stereocenters. The molecule has 0 aliphatic rings. The summed E-state index contributed by atoms with van der Waals surface area (Å²) in [6.45, 7) is 0. The van der Waals surface area contributed by atoms with Crippen molar-refractivity contribution in [2.24, 2.45) is 0 Å². The Morgan fingerprint density at radius 3 is 1.35 bits per heavy atom. The van der Waals surface area contributed by atoms with Gasteiger partial charge in [0.1, 0.15) is 11.2 Å². The molecule has 0 aliphatic carbocycles. The molecular formula is C46H32N2O. The zero-order valence-electron chi connectivity index (χ0n) is 26.8. The standard InChI is InChI=1S/C46H32N2O/c1-5-18-33(19-6-1)47(34-20-7-2-8-21-34)42-30-16-15-26-37(42)39-29-17-31-44-45(39)41-32-43(38-27-13-14-28-40(38)46(41)49-44)48(35-22-9-3-10-23-35)36-24-11-4-12-25-36/h1-32H. The number of para-hydroxylation sites is 5. The molecule has 9 aromatic rings. The number of hydrogen-bond donors (Lipinski definition) is 0. The van der Waals surface area contributed by atoms with Crippen LogP contribution < -0.4 is 9.80 Å². The number of benzene rings is 8. The molecule has 3 heteroatoms. The van der Waals surface area contributed by atoms with Crippen LogP contribution in [0.1, 0.15) is 0 Å². The molecule has 0 saturated carbocycles. The first kappa shape index (κ1) is 28.6. The summed E-state index contributed by atoms with van der Waals surface area (Å²) in [6.07, 6.45) is 0. The van der Waals surface area contributed by atoms with Crippen molar-refractivity contribution in [3.63, 3.8) is 0 Å². The van der Waals surface area contributed by atoms with Gasteiger partial charge in [0.25, 0.3) is 0 Å². The summed E-state index contributed by atoms with van der Waals surface area (Å²) in [7, 11) is 0. The third-order valence-electron chi connectivity index (χ3n) is 9.21.